The van der Waals surface area contributed by atoms with E-state index in [1.165, 1.54) is 16.3 Å². The molecule has 4 aromatic carbocycles. The zero-order valence-electron chi connectivity index (χ0n) is 16.9. The average Bonchev–Trinajstić information content (AvgIpc) is 2.80. The molecule has 4 aromatic rings. The summed E-state index contributed by atoms with van der Waals surface area (Å²) in [5, 5.41) is 21.9. The van der Waals surface area contributed by atoms with E-state index in [0.717, 1.165) is 49.1 Å². The molecule has 0 bridgehead atoms. The highest BCUT2D eigenvalue weighted by Gasteiger charge is 2.16. The van der Waals surface area contributed by atoms with Gasteiger partial charge in [0.2, 0.25) is 0 Å². The van der Waals surface area contributed by atoms with Crippen molar-refractivity contribution < 1.29 is 5.11 Å². The van der Waals surface area contributed by atoms with Crippen LogP contribution in [0.25, 0.3) is 21.5 Å². The molecule has 1 heterocycles. The second-order valence-electron chi connectivity index (χ2n) is 7.83. The van der Waals surface area contributed by atoms with Gasteiger partial charge in [-0.15, -0.1) is 0 Å². The summed E-state index contributed by atoms with van der Waals surface area (Å²) in [6, 6.07) is 26.9. The number of rotatable bonds is 4. The number of aromatic hydroxyl groups is 1. The number of phenolic OH excluding ortho intramolecular Hbond substituents is 1. The van der Waals surface area contributed by atoms with Crippen LogP contribution < -0.4 is 0 Å². The van der Waals surface area contributed by atoms with Crippen molar-refractivity contribution in [2.75, 3.05) is 26.2 Å². The van der Waals surface area contributed by atoms with Gasteiger partial charge in [-0.1, -0.05) is 72.8 Å². The molecular weight excluding hydrogens is 370 g/mol. The minimum Gasteiger partial charge on any atom is -0.507 e. The number of piperazine rings is 1. The van der Waals surface area contributed by atoms with Crippen molar-refractivity contribution in [3.8, 4) is 5.75 Å². The highest BCUT2D eigenvalue weighted by molar-refractivity contribution is 6.02. The monoisotopic (exact) mass is 395 g/mol. The molecule has 0 aliphatic carbocycles. The molecule has 150 valence electrons. The Hall–Kier alpha value is -3.37. The zero-order chi connectivity index (χ0) is 20.3. The van der Waals surface area contributed by atoms with E-state index in [9.17, 15) is 5.11 Å². The Morgan fingerprint density at radius 2 is 1.40 bits per heavy atom. The number of phenols is 1. The second kappa shape index (κ2) is 8.17. The van der Waals surface area contributed by atoms with Crippen LogP contribution in [0.3, 0.4) is 0 Å². The van der Waals surface area contributed by atoms with Crippen LogP contribution >= 0.6 is 0 Å². The summed E-state index contributed by atoms with van der Waals surface area (Å²) in [6.07, 6.45) is 1.80. The van der Waals surface area contributed by atoms with E-state index in [1.54, 1.807) is 12.3 Å². The van der Waals surface area contributed by atoms with E-state index in [-0.39, 0.29) is 5.75 Å². The maximum atomic E-state index is 10.3. The van der Waals surface area contributed by atoms with Gasteiger partial charge in [0.15, 0.2) is 0 Å². The van der Waals surface area contributed by atoms with Gasteiger partial charge in [0.1, 0.15) is 5.75 Å². The molecule has 1 aliphatic heterocycles. The van der Waals surface area contributed by atoms with Gasteiger partial charge in [0, 0.05) is 38.3 Å². The zero-order valence-corrected chi connectivity index (χ0v) is 16.9. The first-order valence-electron chi connectivity index (χ1n) is 10.5. The number of benzene rings is 4. The van der Waals surface area contributed by atoms with Crippen molar-refractivity contribution >= 4 is 27.8 Å². The second-order valence-corrected chi connectivity index (χ2v) is 7.83. The molecule has 0 aromatic heterocycles. The molecule has 0 spiro atoms. The molecule has 0 atom stereocenters. The van der Waals surface area contributed by atoms with Gasteiger partial charge >= 0.3 is 0 Å². The Morgan fingerprint density at radius 1 is 0.733 bits per heavy atom. The van der Waals surface area contributed by atoms with Crippen LogP contribution in [0.15, 0.2) is 84.0 Å². The molecule has 0 unspecified atom stereocenters. The molecule has 1 saturated heterocycles. The van der Waals surface area contributed by atoms with Crippen LogP contribution in [0.2, 0.25) is 0 Å². The summed E-state index contributed by atoms with van der Waals surface area (Å²) >= 11 is 0. The van der Waals surface area contributed by atoms with Gasteiger partial charge in [0.25, 0.3) is 0 Å². The third-order valence-electron chi connectivity index (χ3n) is 5.92. The first-order valence-corrected chi connectivity index (χ1v) is 10.5. The summed E-state index contributed by atoms with van der Waals surface area (Å²) in [4.78, 5) is 2.49. The predicted octanol–water partition coefficient (Wildman–Crippen LogP) is 4.85. The molecule has 0 saturated carbocycles. The van der Waals surface area contributed by atoms with Crippen molar-refractivity contribution in [3.63, 3.8) is 0 Å². The first-order chi connectivity index (χ1) is 14.8. The third kappa shape index (κ3) is 3.74. The Morgan fingerprint density at radius 3 is 2.20 bits per heavy atom. The lowest BCUT2D eigenvalue weighted by molar-refractivity contribution is 0.131. The molecule has 1 aliphatic rings. The summed E-state index contributed by atoms with van der Waals surface area (Å²) < 4.78 is 0. The number of fused-ring (bicyclic) bond motifs is 2. The average molecular weight is 396 g/mol. The fourth-order valence-corrected chi connectivity index (χ4v) is 4.24. The number of hydrogen-bond donors (Lipinski definition) is 1. The Labute approximate surface area is 176 Å². The van der Waals surface area contributed by atoms with Gasteiger partial charge in [-0.2, -0.15) is 5.10 Å². The molecule has 0 radical (unpaired) electrons. The third-order valence-corrected chi connectivity index (χ3v) is 5.92. The van der Waals surface area contributed by atoms with E-state index < -0.39 is 0 Å². The lowest BCUT2D eigenvalue weighted by Gasteiger charge is -2.33. The minimum absolute atomic E-state index is 0.270. The normalized spacial score (nSPS) is 15.4. The van der Waals surface area contributed by atoms with Crippen molar-refractivity contribution in [3.05, 3.63) is 90.0 Å². The van der Waals surface area contributed by atoms with E-state index >= 15 is 0 Å². The van der Waals surface area contributed by atoms with Crippen molar-refractivity contribution in [1.82, 2.24) is 9.91 Å². The summed E-state index contributed by atoms with van der Waals surface area (Å²) in [5.41, 5.74) is 2.16. The summed E-state index contributed by atoms with van der Waals surface area (Å²) in [6.45, 7) is 4.67. The predicted molar refractivity (Wildman–Crippen MR) is 124 cm³/mol. The standard InChI is InChI=1S/C26H25N3O/c30-26-13-12-21-7-2-4-11-24(21)25(26)18-27-29-16-14-28(15-17-29)19-22-9-5-8-20-6-1-3-10-23(20)22/h1-13,18,30H,14-17,19H2/b27-18-. The van der Waals surface area contributed by atoms with Gasteiger partial charge in [-0.3, -0.25) is 9.91 Å². The summed E-state index contributed by atoms with van der Waals surface area (Å²) in [7, 11) is 0. The Kier molecular flexibility index (Phi) is 5.08. The Bertz CT molecular complexity index is 1200. The smallest absolute Gasteiger partial charge is 0.125 e. The van der Waals surface area contributed by atoms with Crippen LogP contribution in [0.1, 0.15) is 11.1 Å². The van der Waals surface area contributed by atoms with Gasteiger partial charge in [-0.05, 0) is 33.2 Å². The van der Waals surface area contributed by atoms with E-state index in [1.807, 2.05) is 24.3 Å². The van der Waals surface area contributed by atoms with Gasteiger partial charge < -0.3 is 5.11 Å². The molecule has 30 heavy (non-hydrogen) atoms. The maximum absolute atomic E-state index is 10.3. The molecule has 1 fully saturated rings. The first kappa shape index (κ1) is 18.6. The Balaban J connectivity index is 1.26. The SMILES string of the molecule is Oc1ccc2ccccc2c1/C=N\N1CCN(Cc2cccc3ccccc23)CC1. The van der Waals surface area contributed by atoms with Gasteiger partial charge in [-0.25, -0.2) is 0 Å². The van der Waals surface area contributed by atoms with Crippen LogP contribution in [0, 0.1) is 0 Å². The molecule has 4 heteroatoms. The minimum atomic E-state index is 0.270. The number of hydrogen-bond acceptors (Lipinski definition) is 4. The highest BCUT2D eigenvalue weighted by Crippen LogP contribution is 2.26. The van der Waals surface area contributed by atoms with Gasteiger partial charge in [0.05, 0.1) is 6.21 Å². The van der Waals surface area contributed by atoms with Crippen molar-refractivity contribution in [2.45, 2.75) is 6.54 Å². The number of hydrazone groups is 1. The van der Waals surface area contributed by atoms with Crippen molar-refractivity contribution in [2.24, 2.45) is 5.10 Å². The lowest BCUT2D eigenvalue weighted by atomic mass is 10.0. The van der Waals surface area contributed by atoms with Crippen LogP contribution in [-0.4, -0.2) is 47.4 Å². The van der Waals surface area contributed by atoms with Crippen LogP contribution in [0.5, 0.6) is 5.75 Å². The van der Waals surface area contributed by atoms with Crippen LogP contribution in [0.4, 0.5) is 0 Å². The number of nitrogens with zero attached hydrogens (tertiary/aromatic N) is 3. The molecular formula is C26H25N3O. The lowest BCUT2D eigenvalue weighted by Crippen LogP contribution is -2.43. The quantitative estimate of drug-likeness (QED) is 0.502. The maximum Gasteiger partial charge on any atom is 0.125 e. The van der Waals surface area contributed by atoms with E-state index in [0.29, 0.717) is 0 Å². The van der Waals surface area contributed by atoms with Crippen molar-refractivity contribution in [1.29, 1.82) is 0 Å². The molecule has 5 rings (SSSR count). The topological polar surface area (TPSA) is 39.1 Å². The molecule has 1 N–H and O–H groups in total. The molecule has 0 amide bonds. The highest BCUT2D eigenvalue weighted by atomic mass is 16.3. The van der Waals surface area contributed by atoms with E-state index in [2.05, 4.69) is 63.5 Å². The van der Waals surface area contributed by atoms with Crippen LogP contribution in [-0.2, 0) is 6.54 Å². The molecule has 4 nitrogen and oxygen atoms in total. The largest absolute Gasteiger partial charge is 0.507 e. The van der Waals surface area contributed by atoms with E-state index in [4.69, 9.17) is 0 Å². The fraction of sp³-hybridized carbons (Fsp3) is 0.192. The fourth-order valence-electron chi connectivity index (χ4n) is 4.24. The summed E-state index contributed by atoms with van der Waals surface area (Å²) in [5.74, 6) is 0.270.